The van der Waals surface area contributed by atoms with Gasteiger partial charge in [0.15, 0.2) is 0 Å². The quantitative estimate of drug-likeness (QED) is 0.813. The van der Waals surface area contributed by atoms with Crippen molar-refractivity contribution in [2.75, 3.05) is 13.6 Å². The fourth-order valence-electron chi connectivity index (χ4n) is 2.17. The maximum Gasteiger partial charge on any atom is 0.242 e. The lowest BCUT2D eigenvalue weighted by molar-refractivity contribution is -0.130. The summed E-state index contributed by atoms with van der Waals surface area (Å²) in [5, 5.41) is -0.361. The summed E-state index contributed by atoms with van der Waals surface area (Å²) in [6.45, 7) is 6.17. The highest BCUT2D eigenvalue weighted by molar-refractivity contribution is 6.20. The molecule has 114 valence electrons. The van der Waals surface area contributed by atoms with Crippen molar-refractivity contribution in [1.29, 1.82) is 0 Å². The second-order valence-corrected chi connectivity index (χ2v) is 5.82. The number of amides is 1. The molecule has 1 amide bonds. The topological polar surface area (TPSA) is 38.1 Å². The number of alkyl halides is 1. The number of nitrogens with zero attached hydrogens (tertiary/aromatic N) is 3. The Kier molecular flexibility index (Phi) is 4.52. The standard InChI is InChI=1S/C15H19ClFN3O/c1-5-19(4)14(21)8-20-13-6-9(2)11(17)7-12(13)18-15(20)10(3)16/h6-7,10H,5,8H2,1-4H3. The number of rotatable bonds is 4. The Morgan fingerprint density at radius 1 is 1.52 bits per heavy atom. The summed E-state index contributed by atoms with van der Waals surface area (Å²) in [7, 11) is 1.75. The van der Waals surface area contributed by atoms with Crippen LogP contribution in [0.25, 0.3) is 11.0 Å². The van der Waals surface area contributed by atoms with Gasteiger partial charge < -0.3 is 9.47 Å². The molecular weight excluding hydrogens is 293 g/mol. The van der Waals surface area contributed by atoms with E-state index in [1.54, 1.807) is 36.4 Å². The van der Waals surface area contributed by atoms with E-state index in [0.717, 1.165) is 5.52 Å². The zero-order chi connectivity index (χ0) is 15.7. The minimum atomic E-state index is -0.361. The third-order valence-corrected chi connectivity index (χ3v) is 3.80. The van der Waals surface area contributed by atoms with Crippen LogP contribution >= 0.6 is 11.6 Å². The number of halogens is 2. The molecule has 0 bridgehead atoms. The van der Waals surface area contributed by atoms with Crippen LogP contribution in [0.15, 0.2) is 12.1 Å². The first kappa shape index (κ1) is 15.8. The van der Waals surface area contributed by atoms with Gasteiger partial charge in [-0.2, -0.15) is 0 Å². The third kappa shape index (κ3) is 3.02. The van der Waals surface area contributed by atoms with Gasteiger partial charge >= 0.3 is 0 Å². The van der Waals surface area contributed by atoms with Gasteiger partial charge in [-0.25, -0.2) is 9.37 Å². The zero-order valence-electron chi connectivity index (χ0n) is 12.7. The number of imidazole rings is 1. The predicted octanol–water partition coefficient (Wildman–Crippen LogP) is 3.26. The number of carbonyl (C=O) groups is 1. The molecule has 0 aliphatic heterocycles. The molecule has 1 unspecified atom stereocenters. The molecule has 0 aliphatic carbocycles. The van der Waals surface area contributed by atoms with Crippen LogP contribution in [-0.2, 0) is 11.3 Å². The first-order chi connectivity index (χ1) is 9.85. The number of fused-ring (bicyclic) bond motifs is 1. The molecule has 0 N–H and O–H groups in total. The van der Waals surface area contributed by atoms with Crippen LogP contribution < -0.4 is 0 Å². The highest BCUT2D eigenvalue weighted by atomic mass is 35.5. The molecule has 21 heavy (non-hydrogen) atoms. The number of aryl methyl sites for hydroxylation is 1. The summed E-state index contributed by atoms with van der Waals surface area (Å²) in [6.07, 6.45) is 0. The summed E-state index contributed by atoms with van der Waals surface area (Å²) in [5.74, 6) is 0.241. The average molecular weight is 312 g/mol. The molecular formula is C15H19ClFN3O. The van der Waals surface area contributed by atoms with E-state index in [1.165, 1.54) is 6.07 Å². The van der Waals surface area contributed by atoms with E-state index >= 15 is 0 Å². The van der Waals surface area contributed by atoms with Gasteiger partial charge in [-0.15, -0.1) is 11.6 Å². The number of carbonyl (C=O) groups excluding carboxylic acids is 1. The average Bonchev–Trinajstić information content (AvgIpc) is 2.76. The van der Waals surface area contributed by atoms with E-state index < -0.39 is 0 Å². The van der Waals surface area contributed by atoms with Crippen LogP contribution in [0.3, 0.4) is 0 Å². The fourth-order valence-corrected chi connectivity index (χ4v) is 2.34. The first-order valence-electron chi connectivity index (χ1n) is 6.89. The van der Waals surface area contributed by atoms with Crippen LogP contribution in [-0.4, -0.2) is 34.0 Å². The third-order valence-electron chi connectivity index (χ3n) is 3.61. The zero-order valence-corrected chi connectivity index (χ0v) is 13.4. The minimum absolute atomic E-state index is 0.0302. The maximum atomic E-state index is 13.7. The minimum Gasteiger partial charge on any atom is -0.344 e. The largest absolute Gasteiger partial charge is 0.344 e. The van der Waals surface area contributed by atoms with E-state index in [-0.39, 0.29) is 23.6 Å². The molecule has 0 radical (unpaired) electrons. The SMILES string of the molecule is CCN(C)C(=O)Cn1c(C(C)Cl)nc2cc(F)c(C)cc21. The molecule has 1 atom stereocenters. The molecule has 2 aromatic rings. The summed E-state index contributed by atoms with van der Waals surface area (Å²) in [5.41, 5.74) is 1.77. The van der Waals surface area contributed by atoms with E-state index in [1.807, 2.05) is 6.92 Å². The second kappa shape index (κ2) is 6.02. The van der Waals surface area contributed by atoms with Crippen LogP contribution in [0.5, 0.6) is 0 Å². The number of aromatic nitrogens is 2. The molecule has 0 fully saturated rings. The highest BCUT2D eigenvalue weighted by Crippen LogP contribution is 2.26. The lowest BCUT2D eigenvalue weighted by Crippen LogP contribution is -2.30. The molecule has 4 nitrogen and oxygen atoms in total. The lowest BCUT2D eigenvalue weighted by Gasteiger charge is -2.17. The molecule has 6 heteroatoms. The van der Waals surface area contributed by atoms with Gasteiger partial charge in [0.1, 0.15) is 18.2 Å². The second-order valence-electron chi connectivity index (χ2n) is 5.17. The fraction of sp³-hybridized carbons (Fsp3) is 0.467. The van der Waals surface area contributed by atoms with Gasteiger partial charge in [0.2, 0.25) is 5.91 Å². The first-order valence-corrected chi connectivity index (χ1v) is 7.33. The van der Waals surface area contributed by atoms with Gasteiger partial charge in [-0.3, -0.25) is 4.79 Å². The molecule has 2 rings (SSSR count). The van der Waals surface area contributed by atoms with Gasteiger partial charge in [0.05, 0.1) is 16.4 Å². The van der Waals surface area contributed by atoms with Crippen molar-refractivity contribution in [1.82, 2.24) is 14.5 Å². The van der Waals surface area contributed by atoms with Crippen molar-refractivity contribution in [2.45, 2.75) is 32.7 Å². The van der Waals surface area contributed by atoms with Crippen LogP contribution in [0.4, 0.5) is 4.39 Å². The Morgan fingerprint density at radius 2 is 2.19 bits per heavy atom. The predicted molar refractivity (Wildman–Crippen MR) is 82.0 cm³/mol. The molecule has 1 aromatic carbocycles. The molecule has 0 spiro atoms. The van der Waals surface area contributed by atoms with Crippen molar-refractivity contribution < 1.29 is 9.18 Å². The van der Waals surface area contributed by atoms with E-state index in [9.17, 15) is 9.18 Å². The van der Waals surface area contributed by atoms with Crippen molar-refractivity contribution >= 4 is 28.5 Å². The molecule has 1 aromatic heterocycles. The number of likely N-dealkylation sites (N-methyl/N-ethyl adjacent to an activating group) is 1. The van der Waals surface area contributed by atoms with E-state index in [2.05, 4.69) is 4.98 Å². The van der Waals surface area contributed by atoms with Crippen molar-refractivity contribution in [2.24, 2.45) is 0 Å². The van der Waals surface area contributed by atoms with Gasteiger partial charge in [-0.05, 0) is 32.4 Å². The van der Waals surface area contributed by atoms with Crippen molar-refractivity contribution in [3.63, 3.8) is 0 Å². The van der Waals surface area contributed by atoms with E-state index in [4.69, 9.17) is 11.6 Å². The van der Waals surface area contributed by atoms with Crippen LogP contribution in [0.2, 0.25) is 0 Å². The number of hydrogen-bond donors (Lipinski definition) is 0. The summed E-state index contributed by atoms with van der Waals surface area (Å²) in [6, 6.07) is 3.09. The highest BCUT2D eigenvalue weighted by Gasteiger charge is 2.19. The molecule has 0 saturated heterocycles. The van der Waals surface area contributed by atoms with Gasteiger partial charge in [0.25, 0.3) is 0 Å². The summed E-state index contributed by atoms with van der Waals surface area (Å²) < 4.78 is 15.5. The van der Waals surface area contributed by atoms with Crippen molar-refractivity contribution in [3.05, 3.63) is 29.3 Å². The van der Waals surface area contributed by atoms with Gasteiger partial charge in [0, 0.05) is 19.7 Å². The van der Waals surface area contributed by atoms with Crippen LogP contribution in [0.1, 0.15) is 30.6 Å². The smallest absolute Gasteiger partial charge is 0.242 e. The van der Waals surface area contributed by atoms with Crippen molar-refractivity contribution in [3.8, 4) is 0 Å². The Balaban J connectivity index is 2.56. The van der Waals surface area contributed by atoms with Crippen LogP contribution in [0, 0.1) is 12.7 Å². The lowest BCUT2D eigenvalue weighted by atomic mass is 10.2. The van der Waals surface area contributed by atoms with E-state index in [0.29, 0.717) is 23.4 Å². The molecule has 0 aliphatic rings. The number of hydrogen-bond acceptors (Lipinski definition) is 2. The monoisotopic (exact) mass is 311 g/mol. The summed E-state index contributed by atoms with van der Waals surface area (Å²) in [4.78, 5) is 18.2. The normalized spacial score (nSPS) is 12.7. The Hall–Kier alpha value is -1.62. The molecule has 1 heterocycles. The molecule has 0 saturated carbocycles. The maximum absolute atomic E-state index is 13.7. The Morgan fingerprint density at radius 3 is 2.76 bits per heavy atom. The Labute approximate surface area is 128 Å². The number of benzene rings is 1. The summed E-state index contributed by atoms with van der Waals surface area (Å²) >= 11 is 6.15. The Bertz CT molecular complexity index is 681. The van der Waals surface area contributed by atoms with Gasteiger partial charge in [-0.1, -0.05) is 0 Å².